The van der Waals surface area contributed by atoms with E-state index in [9.17, 15) is 14.7 Å². The normalized spacial score (nSPS) is 18.9. The minimum atomic E-state index is -1.30. The molecule has 1 aliphatic heterocycles. The molecule has 2 aromatic rings. The molecule has 0 spiro atoms. The van der Waals surface area contributed by atoms with Crippen molar-refractivity contribution < 1.29 is 19.0 Å². The highest BCUT2D eigenvalue weighted by atomic mass is 19.1. The summed E-state index contributed by atoms with van der Waals surface area (Å²) in [6.45, 7) is 5.66. The monoisotopic (exact) mass is 374 g/mol. The van der Waals surface area contributed by atoms with Crippen LogP contribution in [-0.2, 0) is 0 Å². The summed E-state index contributed by atoms with van der Waals surface area (Å²) in [5.41, 5.74) is -0.121. The molecular formula is C20H23FN2O4. The third-order valence-electron chi connectivity index (χ3n) is 5.57. The number of hydrogen-bond donors (Lipinski definition) is 1. The molecule has 1 saturated heterocycles. The van der Waals surface area contributed by atoms with Gasteiger partial charge in [-0.05, 0) is 30.7 Å². The van der Waals surface area contributed by atoms with E-state index >= 15 is 4.39 Å². The molecule has 7 heteroatoms. The van der Waals surface area contributed by atoms with Crippen molar-refractivity contribution in [2.45, 2.75) is 39.2 Å². The first kappa shape index (κ1) is 17.8. The van der Waals surface area contributed by atoms with Crippen molar-refractivity contribution in [1.82, 2.24) is 4.57 Å². The Kier molecular flexibility index (Phi) is 3.94. The molecule has 1 aliphatic carbocycles. The van der Waals surface area contributed by atoms with Crippen LogP contribution in [0.2, 0.25) is 0 Å². The lowest BCUT2D eigenvalue weighted by Gasteiger charge is -2.26. The van der Waals surface area contributed by atoms with Gasteiger partial charge in [0.1, 0.15) is 11.3 Å². The van der Waals surface area contributed by atoms with Gasteiger partial charge in [-0.1, -0.05) is 13.8 Å². The zero-order chi connectivity index (χ0) is 19.5. The highest BCUT2D eigenvalue weighted by Gasteiger charge is 2.35. The average molecular weight is 374 g/mol. The molecule has 2 fully saturated rings. The number of aromatic nitrogens is 1. The number of nitrogens with zero attached hydrogens (tertiary/aromatic N) is 2. The topological polar surface area (TPSA) is 71.8 Å². The first-order valence-electron chi connectivity index (χ1n) is 9.17. The fourth-order valence-electron chi connectivity index (χ4n) is 4.03. The first-order chi connectivity index (χ1) is 12.7. The minimum absolute atomic E-state index is 0.0540. The van der Waals surface area contributed by atoms with Gasteiger partial charge in [-0.2, -0.15) is 0 Å². The number of rotatable bonds is 4. The third kappa shape index (κ3) is 2.85. The zero-order valence-corrected chi connectivity index (χ0v) is 15.7. The number of aromatic carboxylic acids is 1. The Hall–Kier alpha value is -2.57. The standard InChI is InChI=1S/C20H23FN2O4/c1-20(2)6-7-22(10-20)16-14(21)8-12-15(18(16)27-3)23(11-4-5-11)9-13(17(12)24)19(25)26/h8-9,11H,4-7,10H2,1-3H3,(H,25,26). The number of carbonyl (C=O) groups is 1. The Bertz CT molecular complexity index is 1010. The molecule has 4 rings (SSSR count). The van der Waals surface area contributed by atoms with E-state index in [0.717, 1.165) is 19.3 Å². The highest BCUT2D eigenvalue weighted by Crippen LogP contribution is 2.45. The Balaban J connectivity index is 2.04. The summed E-state index contributed by atoms with van der Waals surface area (Å²) >= 11 is 0. The quantitative estimate of drug-likeness (QED) is 0.888. The van der Waals surface area contributed by atoms with Crippen LogP contribution in [0.4, 0.5) is 10.1 Å². The molecular weight excluding hydrogens is 351 g/mol. The summed E-state index contributed by atoms with van der Waals surface area (Å²) in [7, 11) is 1.46. The van der Waals surface area contributed by atoms with Gasteiger partial charge in [0.15, 0.2) is 11.6 Å². The number of pyridine rings is 1. The van der Waals surface area contributed by atoms with Gasteiger partial charge in [0.2, 0.25) is 5.43 Å². The molecule has 144 valence electrons. The second-order valence-electron chi connectivity index (χ2n) is 8.29. The van der Waals surface area contributed by atoms with Crippen molar-refractivity contribution in [3.63, 3.8) is 0 Å². The van der Waals surface area contributed by atoms with Crippen LogP contribution < -0.4 is 15.1 Å². The van der Waals surface area contributed by atoms with E-state index in [1.54, 1.807) is 4.57 Å². The Morgan fingerprint density at radius 2 is 2.07 bits per heavy atom. The number of carboxylic acid groups (broad SMARTS) is 1. The van der Waals surface area contributed by atoms with Crippen molar-refractivity contribution in [2.75, 3.05) is 25.1 Å². The van der Waals surface area contributed by atoms with Gasteiger partial charge in [-0.15, -0.1) is 0 Å². The molecule has 0 atom stereocenters. The van der Waals surface area contributed by atoms with Crippen molar-refractivity contribution in [3.05, 3.63) is 33.9 Å². The highest BCUT2D eigenvalue weighted by molar-refractivity contribution is 5.97. The summed E-state index contributed by atoms with van der Waals surface area (Å²) in [4.78, 5) is 26.2. The third-order valence-corrected chi connectivity index (χ3v) is 5.57. The second kappa shape index (κ2) is 5.97. The lowest BCUT2D eigenvalue weighted by atomic mass is 9.93. The predicted octanol–water partition coefficient (Wildman–Crippen LogP) is 3.42. The van der Waals surface area contributed by atoms with Crippen LogP contribution in [0.25, 0.3) is 10.9 Å². The van der Waals surface area contributed by atoms with Crippen LogP contribution in [0.3, 0.4) is 0 Å². The van der Waals surface area contributed by atoms with Gasteiger partial charge < -0.3 is 19.3 Å². The van der Waals surface area contributed by atoms with E-state index < -0.39 is 17.2 Å². The molecule has 1 saturated carbocycles. The lowest BCUT2D eigenvalue weighted by Crippen LogP contribution is -2.25. The average Bonchev–Trinajstić information content (AvgIpc) is 3.37. The molecule has 6 nitrogen and oxygen atoms in total. The van der Waals surface area contributed by atoms with E-state index in [0.29, 0.717) is 30.0 Å². The maximum atomic E-state index is 15.1. The van der Waals surface area contributed by atoms with Gasteiger partial charge in [0.05, 0.1) is 18.0 Å². The summed E-state index contributed by atoms with van der Waals surface area (Å²) in [5.74, 6) is -1.55. The Labute approximate surface area is 156 Å². The number of halogens is 1. The van der Waals surface area contributed by atoms with E-state index in [-0.39, 0.29) is 22.4 Å². The number of carboxylic acids is 1. The second-order valence-corrected chi connectivity index (χ2v) is 8.29. The number of methoxy groups -OCH3 is 1. The van der Waals surface area contributed by atoms with Crippen LogP contribution >= 0.6 is 0 Å². The zero-order valence-electron chi connectivity index (χ0n) is 15.7. The molecule has 0 bridgehead atoms. The molecule has 1 aromatic heterocycles. The van der Waals surface area contributed by atoms with Crippen LogP contribution in [0, 0.1) is 11.2 Å². The molecule has 2 heterocycles. The number of hydrogen-bond acceptors (Lipinski definition) is 4. The van der Waals surface area contributed by atoms with Crippen LogP contribution in [0.1, 0.15) is 49.5 Å². The summed E-state index contributed by atoms with van der Waals surface area (Å²) < 4.78 is 22.5. The lowest BCUT2D eigenvalue weighted by molar-refractivity contribution is 0.0695. The van der Waals surface area contributed by atoms with Gasteiger partial charge >= 0.3 is 5.97 Å². The van der Waals surface area contributed by atoms with Gasteiger partial charge in [0.25, 0.3) is 0 Å². The smallest absolute Gasteiger partial charge is 0.341 e. The number of fused-ring (bicyclic) bond motifs is 1. The van der Waals surface area contributed by atoms with Gasteiger partial charge in [0, 0.05) is 25.3 Å². The van der Waals surface area contributed by atoms with Crippen LogP contribution in [-0.4, -0.2) is 35.8 Å². The Morgan fingerprint density at radius 1 is 1.37 bits per heavy atom. The van der Waals surface area contributed by atoms with Crippen molar-refractivity contribution in [3.8, 4) is 5.75 Å². The number of ether oxygens (including phenoxy) is 1. The maximum absolute atomic E-state index is 15.1. The van der Waals surface area contributed by atoms with Crippen molar-refractivity contribution >= 4 is 22.6 Å². The molecule has 1 N–H and O–H groups in total. The summed E-state index contributed by atoms with van der Waals surface area (Å²) in [5, 5.41) is 9.44. The van der Waals surface area contributed by atoms with Crippen LogP contribution in [0.5, 0.6) is 5.75 Å². The molecule has 1 aromatic carbocycles. The van der Waals surface area contributed by atoms with E-state index in [4.69, 9.17) is 4.74 Å². The maximum Gasteiger partial charge on any atom is 0.341 e. The van der Waals surface area contributed by atoms with Gasteiger partial charge in [-0.25, -0.2) is 9.18 Å². The largest absolute Gasteiger partial charge is 0.492 e. The van der Waals surface area contributed by atoms with Crippen LogP contribution in [0.15, 0.2) is 17.1 Å². The van der Waals surface area contributed by atoms with Crippen molar-refractivity contribution in [1.29, 1.82) is 0 Å². The minimum Gasteiger partial charge on any atom is -0.492 e. The van der Waals surface area contributed by atoms with Crippen molar-refractivity contribution in [2.24, 2.45) is 5.41 Å². The summed E-state index contributed by atoms with van der Waals surface area (Å²) in [6, 6.07) is 1.28. The van der Waals surface area contributed by atoms with E-state index in [1.165, 1.54) is 19.4 Å². The predicted molar refractivity (Wildman–Crippen MR) is 101 cm³/mol. The summed E-state index contributed by atoms with van der Waals surface area (Å²) in [6.07, 6.45) is 4.09. The number of benzene rings is 1. The molecule has 0 radical (unpaired) electrons. The van der Waals surface area contributed by atoms with E-state index in [2.05, 4.69) is 13.8 Å². The molecule has 27 heavy (non-hydrogen) atoms. The Morgan fingerprint density at radius 3 is 2.59 bits per heavy atom. The SMILES string of the molecule is COc1c(N2CCC(C)(C)C2)c(F)cc2c(=O)c(C(=O)O)cn(C3CC3)c12. The fraction of sp³-hybridized carbons (Fsp3) is 0.500. The molecule has 0 unspecified atom stereocenters. The first-order valence-corrected chi connectivity index (χ1v) is 9.17. The molecule has 2 aliphatic rings. The molecule has 0 amide bonds. The van der Waals surface area contributed by atoms with Gasteiger partial charge in [-0.3, -0.25) is 4.79 Å². The fourth-order valence-corrected chi connectivity index (χ4v) is 4.03. The number of anilines is 1. The van der Waals surface area contributed by atoms with E-state index in [1.807, 2.05) is 4.90 Å².